The van der Waals surface area contributed by atoms with Gasteiger partial charge >= 0.3 is 0 Å². The monoisotopic (exact) mass is 267 g/mol. The summed E-state index contributed by atoms with van der Waals surface area (Å²) in [6.07, 6.45) is 10.5. The molecule has 0 amide bonds. The summed E-state index contributed by atoms with van der Waals surface area (Å²) in [5.74, 6) is 0.821. The summed E-state index contributed by atoms with van der Waals surface area (Å²) in [4.78, 5) is 8.10. The zero-order valence-electron chi connectivity index (χ0n) is 11.7. The lowest BCUT2D eigenvalue weighted by molar-refractivity contribution is 0.483. The van der Waals surface area contributed by atoms with Crippen molar-refractivity contribution in [3.05, 3.63) is 60.2 Å². The summed E-state index contributed by atoms with van der Waals surface area (Å²) < 4.78 is 0. The fourth-order valence-electron chi connectivity index (χ4n) is 3.08. The normalized spacial score (nSPS) is 22.0. The number of nitrogens with zero attached hydrogens (tertiary/aromatic N) is 2. The highest BCUT2D eigenvalue weighted by Gasteiger charge is 2.24. The van der Waals surface area contributed by atoms with Gasteiger partial charge in [-0.05, 0) is 37.2 Å². The van der Waals surface area contributed by atoms with Crippen LogP contribution in [-0.4, -0.2) is 16.0 Å². The van der Waals surface area contributed by atoms with Crippen LogP contribution in [0.1, 0.15) is 30.4 Å². The average molecular weight is 267 g/mol. The molecule has 2 atom stereocenters. The molecule has 1 saturated carbocycles. The van der Waals surface area contributed by atoms with Gasteiger partial charge in [-0.25, -0.2) is 9.97 Å². The van der Waals surface area contributed by atoms with Gasteiger partial charge in [-0.3, -0.25) is 0 Å². The van der Waals surface area contributed by atoms with Crippen molar-refractivity contribution in [2.45, 2.75) is 38.3 Å². The number of rotatable bonds is 5. The van der Waals surface area contributed by atoms with Gasteiger partial charge < -0.3 is 5.32 Å². The van der Waals surface area contributed by atoms with E-state index in [0.29, 0.717) is 6.04 Å². The molecule has 1 aliphatic carbocycles. The molecule has 1 aromatic heterocycles. The van der Waals surface area contributed by atoms with Crippen LogP contribution in [0.15, 0.2) is 49.1 Å². The van der Waals surface area contributed by atoms with Crippen molar-refractivity contribution in [3.8, 4) is 0 Å². The Morgan fingerprint density at radius 3 is 2.60 bits per heavy atom. The maximum Gasteiger partial charge on any atom is 0.115 e. The lowest BCUT2D eigenvalue weighted by atomic mass is 9.98. The Morgan fingerprint density at radius 2 is 1.80 bits per heavy atom. The summed E-state index contributed by atoms with van der Waals surface area (Å²) >= 11 is 0. The van der Waals surface area contributed by atoms with Crippen LogP contribution in [0.3, 0.4) is 0 Å². The number of aromatic nitrogens is 2. The molecule has 1 fully saturated rings. The SMILES string of the molecule is c1ccc(C[C@H]2CC[C@@H](NCc3cncnc3)C2)cc1. The highest BCUT2D eigenvalue weighted by atomic mass is 14.9. The highest BCUT2D eigenvalue weighted by Crippen LogP contribution is 2.28. The van der Waals surface area contributed by atoms with Crippen molar-refractivity contribution < 1.29 is 0 Å². The maximum absolute atomic E-state index is 4.05. The molecule has 0 aliphatic heterocycles. The third kappa shape index (κ3) is 3.64. The minimum atomic E-state index is 0.643. The van der Waals surface area contributed by atoms with Gasteiger partial charge in [0.25, 0.3) is 0 Å². The third-order valence-corrected chi connectivity index (χ3v) is 4.12. The molecule has 20 heavy (non-hydrogen) atoms. The molecule has 1 aromatic carbocycles. The highest BCUT2D eigenvalue weighted by molar-refractivity contribution is 5.15. The van der Waals surface area contributed by atoms with Gasteiger partial charge in [0.15, 0.2) is 0 Å². The molecular formula is C17H21N3. The Bertz CT molecular complexity index is 512. The van der Waals surface area contributed by atoms with Gasteiger partial charge in [-0.2, -0.15) is 0 Å². The summed E-state index contributed by atoms with van der Waals surface area (Å²) in [6.45, 7) is 0.879. The van der Waals surface area contributed by atoms with Gasteiger partial charge in [0.05, 0.1) is 0 Å². The van der Waals surface area contributed by atoms with E-state index in [1.54, 1.807) is 6.33 Å². The average Bonchev–Trinajstić information content (AvgIpc) is 2.95. The van der Waals surface area contributed by atoms with E-state index in [2.05, 4.69) is 45.6 Å². The van der Waals surface area contributed by atoms with Crippen LogP contribution < -0.4 is 5.32 Å². The first kappa shape index (κ1) is 13.3. The first-order valence-electron chi connectivity index (χ1n) is 7.41. The largest absolute Gasteiger partial charge is 0.310 e. The molecule has 2 aromatic rings. The van der Waals surface area contributed by atoms with Gasteiger partial charge in [0.1, 0.15) is 6.33 Å². The lowest BCUT2D eigenvalue weighted by Gasteiger charge is -2.13. The van der Waals surface area contributed by atoms with E-state index in [4.69, 9.17) is 0 Å². The zero-order chi connectivity index (χ0) is 13.6. The molecule has 1 aliphatic rings. The van der Waals surface area contributed by atoms with Crippen molar-refractivity contribution in [3.63, 3.8) is 0 Å². The second kappa shape index (κ2) is 6.62. The molecule has 3 nitrogen and oxygen atoms in total. The van der Waals surface area contributed by atoms with Crippen molar-refractivity contribution in [1.82, 2.24) is 15.3 Å². The summed E-state index contributed by atoms with van der Waals surface area (Å²) in [5, 5.41) is 3.63. The van der Waals surface area contributed by atoms with E-state index in [1.165, 1.54) is 36.8 Å². The van der Waals surface area contributed by atoms with Crippen LogP contribution in [0.25, 0.3) is 0 Å². The predicted molar refractivity (Wildman–Crippen MR) is 80.1 cm³/mol. The summed E-state index contributed by atoms with van der Waals surface area (Å²) in [7, 11) is 0. The third-order valence-electron chi connectivity index (χ3n) is 4.12. The topological polar surface area (TPSA) is 37.8 Å². The van der Waals surface area contributed by atoms with E-state index in [0.717, 1.165) is 12.5 Å². The maximum atomic E-state index is 4.05. The fourth-order valence-corrected chi connectivity index (χ4v) is 3.08. The van der Waals surface area contributed by atoms with Gasteiger partial charge in [-0.15, -0.1) is 0 Å². The van der Waals surface area contributed by atoms with Crippen molar-refractivity contribution >= 4 is 0 Å². The smallest absolute Gasteiger partial charge is 0.115 e. The summed E-state index contributed by atoms with van der Waals surface area (Å²) in [5.41, 5.74) is 2.63. The van der Waals surface area contributed by atoms with Crippen molar-refractivity contribution in [1.29, 1.82) is 0 Å². The van der Waals surface area contributed by atoms with E-state index in [-0.39, 0.29) is 0 Å². The fraction of sp³-hybridized carbons (Fsp3) is 0.412. The van der Waals surface area contributed by atoms with Crippen LogP contribution in [-0.2, 0) is 13.0 Å². The minimum Gasteiger partial charge on any atom is -0.310 e. The Balaban J connectivity index is 1.45. The Labute approximate surface area is 120 Å². The molecule has 0 bridgehead atoms. The van der Waals surface area contributed by atoms with Crippen LogP contribution in [0.4, 0.5) is 0 Å². The molecular weight excluding hydrogens is 246 g/mol. The first-order chi connectivity index (χ1) is 9.90. The van der Waals surface area contributed by atoms with Crippen LogP contribution in [0.5, 0.6) is 0 Å². The van der Waals surface area contributed by atoms with Crippen LogP contribution in [0.2, 0.25) is 0 Å². The summed E-state index contributed by atoms with van der Waals surface area (Å²) in [6, 6.07) is 11.5. The molecule has 0 unspecified atom stereocenters. The minimum absolute atomic E-state index is 0.643. The number of nitrogens with one attached hydrogen (secondary N) is 1. The van der Waals surface area contributed by atoms with Gasteiger partial charge in [-0.1, -0.05) is 30.3 Å². The van der Waals surface area contributed by atoms with E-state index in [9.17, 15) is 0 Å². The molecule has 3 rings (SSSR count). The Morgan fingerprint density at radius 1 is 1.00 bits per heavy atom. The Hall–Kier alpha value is -1.74. The van der Waals surface area contributed by atoms with Crippen LogP contribution >= 0.6 is 0 Å². The van der Waals surface area contributed by atoms with E-state index >= 15 is 0 Å². The number of hydrogen-bond acceptors (Lipinski definition) is 3. The van der Waals surface area contributed by atoms with Crippen molar-refractivity contribution in [2.75, 3.05) is 0 Å². The van der Waals surface area contributed by atoms with E-state index in [1.807, 2.05) is 12.4 Å². The van der Waals surface area contributed by atoms with Crippen molar-refractivity contribution in [2.24, 2.45) is 5.92 Å². The lowest BCUT2D eigenvalue weighted by Crippen LogP contribution is -2.26. The molecule has 3 heteroatoms. The second-order valence-electron chi connectivity index (χ2n) is 5.69. The number of hydrogen-bond donors (Lipinski definition) is 1. The molecule has 0 saturated heterocycles. The molecule has 0 spiro atoms. The predicted octanol–water partition coefficient (Wildman–Crippen LogP) is 2.98. The standard InChI is InChI=1S/C17H21N3/c1-2-4-14(5-3-1)8-15-6-7-17(9-15)20-12-16-10-18-13-19-11-16/h1-5,10-11,13,15,17,20H,6-9,12H2/t15-,17-/m1/s1. The Kier molecular flexibility index (Phi) is 4.38. The first-order valence-corrected chi connectivity index (χ1v) is 7.41. The zero-order valence-corrected chi connectivity index (χ0v) is 11.7. The number of benzene rings is 1. The van der Waals surface area contributed by atoms with Gasteiger partial charge in [0, 0.05) is 30.5 Å². The van der Waals surface area contributed by atoms with E-state index < -0.39 is 0 Å². The molecule has 1 N–H and O–H groups in total. The molecule has 0 radical (unpaired) electrons. The second-order valence-corrected chi connectivity index (χ2v) is 5.69. The van der Waals surface area contributed by atoms with Crippen LogP contribution in [0, 0.1) is 5.92 Å². The molecule has 104 valence electrons. The molecule has 1 heterocycles. The quantitative estimate of drug-likeness (QED) is 0.905. The van der Waals surface area contributed by atoms with Gasteiger partial charge in [0.2, 0.25) is 0 Å².